The maximum absolute atomic E-state index is 11.2. The number of esters is 1. The van der Waals surface area contributed by atoms with E-state index in [9.17, 15) is 4.79 Å². The molecule has 0 spiro atoms. The van der Waals surface area contributed by atoms with Crippen LogP contribution in [0, 0.1) is 0 Å². The predicted octanol–water partition coefficient (Wildman–Crippen LogP) is 2.89. The van der Waals surface area contributed by atoms with Crippen LogP contribution in [0.2, 0.25) is 0 Å². The zero-order valence-corrected chi connectivity index (χ0v) is 11.7. The first-order valence-electron chi connectivity index (χ1n) is 7.34. The van der Waals surface area contributed by atoms with Gasteiger partial charge in [-0.05, 0) is 57.8 Å². The fourth-order valence-electron chi connectivity index (χ4n) is 2.81. The van der Waals surface area contributed by atoms with Gasteiger partial charge in [-0.3, -0.25) is 9.69 Å². The average Bonchev–Trinajstić information content (AvgIpc) is 3.05. The lowest BCUT2D eigenvalue weighted by Crippen LogP contribution is -2.24. The van der Waals surface area contributed by atoms with Gasteiger partial charge in [-0.15, -0.1) is 0 Å². The summed E-state index contributed by atoms with van der Waals surface area (Å²) in [6, 6.07) is 4.77. The number of aromatic nitrogens is 1. The molecule has 0 unspecified atom stereocenters. The van der Waals surface area contributed by atoms with Crippen molar-refractivity contribution >= 4 is 5.97 Å². The van der Waals surface area contributed by atoms with Gasteiger partial charge in [0.05, 0.1) is 6.61 Å². The van der Waals surface area contributed by atoms with Crippen molar-refractivity contribution in [1.29, 1.82) is 0 Å². The van der Waals surface area contributed by atoms with E-state index in [1.807, 2.05) is 13.1 Å². The Labute approximate surface area is 115 Å². The second-order valence-corrected chi connectivity index (χ2v) is 5.08. The van der Waals surface area contributed by atoms with Crippen molar-refractivity contribution in [3.63, 3.8) is 0 Å². The molecule has 1 aliphatic heterocycles. The Hall–Kier alpha value is -1.29. The third-order valence-corrected chi connectivity index (χ3v) is 3.73. The van der Waals surface area contributed by atoms with Crippen molar-refractivity contribution in [3.8, 4) is 0 Å². The quantitative estimate of drug-likeness (QED) is 0.608. The topological polar surface area (TPSA) is 45.3 Å². The van der Waals surface area contributed by atoms with Crippen molar-refractivity contribution in [2.45, 2.75) is 45.1 Å². The first-order valence-corrected chi connectivity index (χ1v) is 7.34. The number of H-pyrrole nitrogens is 1. The number of ether oxygens (including phenoxy) is 1. The molecule has 1 atom stereocenters. The molecule has 0 aromatic carbocycles. The van der Waals surface area contributed by atoms with E-state index in [4.69, 9.17) is 4.74 Å². The van der Waals surface area contributed by atoms with Gasteiger partial charge in [0.15, 0.2) is 0 Å². The lowest BCUT2D eigenvalue weighted by molar-refractivity contribution is -0.143. The highest BCUT2D eigenvalue weighted by atomic mass is 16.5. The van der Waals surface area contributed by atoms with E-state index in [-0.39, 0.29) is 5.97 Å². The summed E-state index contributed by atoms with van der Waals surface area (Å²) in [5.41, 5.74) is 1.32. The summed E-state index contributed by atoms with van der Waals surface area (Å²) in [5.74, 6) is -0.0650. The Balaban J connectivity index is 1.69. The molecule has 2 heterocycles. The van der Waals surface area contributed by atoms with Crippen LogP contribution in [0.4, 0.5) is 0 Å². The summed E-state index contributed by atoms with van der Waals surface area (Å²) < 4.78 is 4.94. The number of hydrogen-bond acceptors (Lipinski definition) is 3. The maximum atomic E-state index is 11.2. The first-order chi connectivity index (χ1) is 9.31. The van der Waals surface area contributed by atoms with E-state index in [0.29, 0.717) is 19.1 Å². The van der Waals surface area contributed by atoms with E-state index in [1.165, 1.54) is 25.1 Å². The third-order valence-electron chi connectivity index (χ3n) is 3.73. The molecule has 106 valence electrons. The summed E-state index contributed by atoms with van der Waals surface area (Å²) in [5, 5.41) is 0. The van der Waals surface area contributed by atoms with Crippen LogP contribution in [0.3, 0.4) is 0 Å². The highest BCUT2D eigenvalue weighted by Gasteiger charge is 2.25. The highest BCUT2D eigenvalue weighted by molar-refractivity contribution is 5.69. The van der Waals surface area contributed by atoms with Gasteiger partial charge < -0.3 is 9.72 Å². The molecule has 0 bridgehead atoms. The van der Waals surface area contributed by atoms with Crippen LogP contribution in [0.1, 0.15) is 50.8 Å². The number of rotatable bonds is 7. The molecule has 1 aromatic heterocycles. The summed E-state index contributed by atoms with van der Waals surface area (Å²) in [6.45, 7) is 4.58. The van der Waals surface area contributed by atoms with Gasteiger partial charge in [0.2, 0.25) is 0 Å². The molecule has 1 aliphatic rings. The normalized spacial score (nSPS) is 19.7. The monoisotopic (exact) mass is 264 g/mol. The van der Waals surface area contributed by atoms with E-state index >= 15 is 0 Å². The van der Waals surface area contributed by atoms with Crippen molar-refractivity contribution in [1.82, 2.24) is 9.88 Å². The lowest BCUT2D eigenvalue weighted by atomic mass is 10.1. The predicted molar refractivity (Wildman–Crippen MR) is 74.8 cm³/mol. The molecule has 1 fully saturated rings. The smallest absolute Gasteiger partial charge is 0.305 e. The van der Waals surface area contributed by atoms with Gasteiger partial charge >= 0.3 is 5.97 Å². The molecule has 1 aromatic rings. The Bertz CT molecular complexity index is 376. The fraction of sp³-hybridized carbons (Fsp3) is 0.667. The van der Waals surface area contributed by atoms with E-state index in [2.05, 4.69) is 22.0 Å². The van der Waals surface area contributed by atoms with Crippen LogP contribution in [0.15, 0.2) is 18.3 Å². The molecule has 4 nitrogen and oxygen atoms in total. The fourth-order valence-corrected chi connectivity index (χ4v) is 2.81. The minimum Gasteiger partial charge on any atom is -0.466 e. The van der Waals surface area contributed by atoms with Gasteiger partial charge in [-0.1, -0.05) is 0 Å². The second kappa shape index (κ2) is 7.34. The minimum atomic E-state index is -0.0650. The zero-order valence-electron chi connectivity index (χ0n) is 11.7. The van der Waals surface area contributed by atoms with Crippen LogP contribution >= 0.6 is 0 Å². The van der Waals surface area contributed by atoms with E-state index in [0.717, 1.165) is 19.4 Å². The van der Waals surface area contributed by atoms with Crippen molar-refractivity contribution in [2.24, 2.45) is 0 Å². The summed E-state index contributed by atoms with van der Waals surface area (Å²) >= 11 is 0. The molecule has 4 heteroatoms. The number of nitrogens with zero attached hydrogens (tertiary/aromatic N) is 1. The average molecular weight is 264 g/mol. The van der Waals surface area contributed by atoms with Crippen LogP contribution in [-0.2, 0) is 9.53 Å². The SMILES string of the molecule is CCOC(=O)CCCCN1CCC[C@H]1c1ccc[nH]1. The number of aromatic amines is 1. The second-order valence-electron chi connectivity index (χ2n) is 5.08. The summed E-state index contributed by atoms with van der Waals surface area (Å²) in [6.07, 6.45) is 7.03. The van der Waals surface area contributed by atoms with E-state index in [1.54, 1.807) is 0 Å². The minimum absolute atomic E-state index is 0.0650. The van der Waals surface area contributed by atoms with Gasteiger partial charge in [0, 0.05) is 24.4 Å². The molecular formula is C15H24N2O2. The number of carbonyl (C=O) groups is 1. The third kappa shape index (κ3) is 4.10. The van der Waals surface area contributed by atoms with Crippen molar-refractivity contribution in [3.05, 3.63) is 24.0 Å². The van der Waals surface area contributed by atoms with Crippen molar-refractivity contribution < 1.29 is 9.53 Å². The van der Waals surface area contributed by atoms with Crippen molar-refractivity contribution in [2.75, 3.05) is 19.7 Å². The number of hydrogen-bond donors (Lipinski definition) is 1. The Morgan fingerprint density at radius 3 is 3.16 bits per heavy atom. The Morgan fingerprint density at radius 2 is 2.42 bits per heavy atom. The molecule has 1 saturated heterocycles. The van der Waals surface area contributed by atoms with Crippen LogP contribution in [-0.4, -0.2) is 35.5 Å². The standard InChI is InChI=1S/C15H24N2O2/c1-2-19-15(18)9-3-4-11-17-12-6-8-14(17)13-7-5-10-16-13/h5,7,10,14,16H,2-4,6,8-9,11-12H2,1H3/t14-/m0/s1. The summed E-state index contributed by atoms with van der Waals surface area (Å²) in [7, 11) is 0. The number of unbranched alkanes of at least 4 members (excludes halogenated alkanes) is 1. The van der Waals surface area contributed by atoms with E-state index < -0.39 is 0 Å². The molecule has 2 rings (SSSR count). The van der Waals surface area contributed by atoms with Gasteiger partial charge in [0.25, 0.3) is 0 Å². The first kappa shape index (κ1) is 14.1. The maximum Gasteiger partial charge on any atom is 0.305 e. The number of nitrogens with one attached hydrogen (secondary N) is 1. The van der Waals surface area contributed by atoms with Crippen LogP contribution in [0.25, 0.3) is 0 Å². The number of likely N-dealkylation sites (tertiary alicyclic amines) is 1. The molecule has 19 heavy (non-hydrogen) atoms. The molecule has 0 amide bonds. The van der Waals surface area contributed by atoms with Gasteiger partial charge in [-0.25, -0.2) is 0 Å². The number of carbonyl (C=O) groups excluding carboxylic acids is 1. The highest BCUT2D eigenvalue weighted by Crippen LogP contribution is 2.30. The molecule has 1 N–H and O–H groups in total. The zero-order chi connectivity index (χ0) is 13.5. The molecule has 0 radical (unpaired) electrons. The van der Waals surface area contributed by atoms with Gasteiger partial charge in [-0.2, -0.15) is 0 Å². The molecule has 0 saturated carbocycles. The lowest BCUT2D eigenvalue weighted by Gasteiger charge is -2.23. The van der Waals surface area contributed by atoms with Crippen LogP contribution < -0.4 is 0 Å². The summed E-state index contributed by atoms with van der Waals surface area (Å²) in [4.78, 5) is 17.1. The Kier molecular flexibility index (Phi) is 5.45. The Morgan fingerprint density at radius 1 is 1.53 bits per heavy atom. The van der Waals surface area contributed by atoms with Crippen LogP contribution in [0.5, 0.6) is 0 Å². The largest absolute Gasteiger partial charge is 0.466 e. The molecule has 0 aliphatic carbocycles. The van der Waals surface area contributed by atoms with Gasteiger partial charge in [0.1, 0.15) is 0 Å². The molecular weight excluding hydrogens is 240 g/mol.